The van der Waals surface area contributed by atoms with Crippen molar-refractivity contribution in [1.29, 1.82) is 0 Å². The molecule has 1 saturated carbocycles. The van der Waals surface area contributed by atoms with Gasteiger partial charge in [0.25, 0.3) is 10.1 Å². The number of benzene rings is 1. The zero-order chi connectivity index (χ0) is 35.9. The summed E-state index contributed by atoms with van der Waals surface area (Å²) in [6.45, 7) is 7.45. The van der Waals surface area contributed by atoms with E-state index in [2.05, 4.69) is 31.2 Å². The highest BCUT2D eigenvalue weighted by molar-refractivity contribution is 7.86. The molecule has 2 aliphatic heterocycles. The van der Waals surface area contributed by atoms with E-state index in [-0.39, 0.29) is 58.8 Å². The van der Waals surface area contributed by atoms with Gasteiger partial charge in [-0.05, 0) is 108 Å². The minimum absolute atomic E-state index is 0.0632. The van der Waals surface area contributed by atoms with Gasteiger partial charge in [0.1, 0.15) is 0 Å². The van der Waals surface area contributed by atoms with Gasteiger partial charge in [-0.1, -0.05) is 48.9 Å². The number of unbranched alkanes of at least 4 members (excludes halogenated alkanes) is 1. The summed E-state index contributed by atoms with van der Waals surface area (Å²) in [6.07, 6.45) is 16.9. The number of carbonyl (C=O) groups is 1. The molecular formula is C39H59ClO9S. The van der Waals surface area contributed by atoms with Gasteiger partial charge >= 0.3 is 5.97 Å². The van der Waals surface area contributed by atoms with Crippen LogP contribution in [0.3, 0.4) is 0 Å². The van der Waals surface area contributed by atoms with Crippen molar-refractivity contribution in [2.75, 3.05) is 20.3 Å². The summed E-state index contributed by atoms with van der Waals surface area (Å²) in [7, 11) is -2.65. The monoisotopic (exact) mass is 738 g/mol. The van der Waals surface area contributed by atoms with Crippen LogP contribution in [0.25, 0.3) is 0 Å². The van der Waals surface area contributed by atoms with Gasteiger partial charge in [0.2, 0.25) is 0 Å². The normalized spacial score (nSPS) is 28.2. The molecule has 3 fully saturated rings. The van der Waals surface area contributed by atoms with Crippen LogP contribution in [0.4, 0.5) is 0 Å². The molecule has 0 bridgehead atoms. The maximum absolute atomic E-state index is 13.6. The van der Waals surface area contributed by atoms with Gasteiger partial charge in [-0.15, -0.1) is 11.6 Å². The number of carbonyl (C=O) groups excluding carboxylic acids is 1. The van der Waals surface area contributed by atoms with Crippen LogP contribution in [0, 0.1) is 24.7 Å². The summed E-state index contributed by atoms with van der Waals surface area (Å²) in [6, 6.07) is 6.74. The summed E-state index contributed by atoms with van der Waals surface area (Å²) >= 11 is 6.35. The number of rotatable bonds is 19. The van der Waals surface area contributed by atoms with Crippen molar-refractivity contribution in [2.24, 2.45) is 17.8 Å². The smallest absolute Gasteiger partial charge is 0.305 e. The Morgan fingerprint density at radius 1 is 0.980 bits per heavy atom. The van der Waals surface area contributed by atoms with E-state index in [9.17, 15) is 13.2 Å². The topological polar surface area (TPSA) is 107 Å². The fourth-order valence-electron chi connectivity index (χ4n) is 6.95. The lowest BCUT2D eigenvalue weighted by Crippen LogP contribution is -2.32. The van der Waals surface area contributed by atoms with Gasteiger partial charge in [-0.2, -0.15) is 8.42 Å². The first-order valence-electron chi connectivity index (χ1n) is 18.6. The largest absolute Gasteiger partial charge is 0.469 e. The van der Waals surface area contributed by atoms with Crippen molar-refractivity contribution in [3.8, 4) is 0 Å². The summed E-state index contributed by atoms with van der Waals surface area (Å²) in [4.78, 5) is 11.7. The Hall–Kier alpha value is -1.79. The second-order valence-electron chi connectivity index (χ2n) is 14.1. The van der Waals surface area contributed by atoms with Crippen molar-refractivity contribution in [2.45, 2.75) is 145 Å². The maximum Gasteiger partial charge on any atom is 0.305 e. The molecule has 0 radical (unpaired) electrons. The van der Waals surface area contributed by atoms with Crippen molar-refractivity contribution in [1.82, 2.24) is 0 Å². The van der Waals surface area contributed by atoms with Crippen molar-refractivity contribution in [3.63, 3.8) is 0 Å². The Morgan fingerprint density at radius 2 is 1.68 bits per heavy atom. The Balaban J connectivity index is 1.62. The van der Waals surface area contributed by atoms with Gasteiger partial charge in [-0.3, -0.25) is 8.98 Å². The maximum atomic E-state index is 13.6. The quantitative estimate of drug-likeness (QED) is 0.0455. The van der Waals surface area contributed by atoms with Crippen LogP contribution in [-0.2, 0) is 42.8 Å². The first-order chi connectivity index (χ1) is 24.1. The minimum atomic E-state index is -4.04. The van der Waals surface area contributed by atoms with Crippen LogP contribution in [0.15, 0.2) is 53.5 Å². The molecule has 4 rings (SSSR count). The number of allylic oxidation sites excluding steroid dienone is 2. The molecule has 50 heavy (non-hydrogen) atoms. The Kier molecular flexibility index (Phi) is 17.2. The van der Waals surface area contributed by atoms with E-state index in [1.165, 1.54) is 7.11 Å². The molecule has 2 heterocycles. The van der Waals surface area contributed by atoms with Crippen LogP contribution >= 0.6 is 11.6 Å². The van der Waals surface area contributed by atoms with Crippen LogP contribution in [0.1, 0.15) is 103 Å². The molecule has 1 aliphatic carbocycles. The third kappa shape index (κ3) is 13.3. The molecule has 0 N–H and O–H groups in total. The van der Waals surface area contributed by atoms with Crippen LogP contribution < -0.4 is 0 Å². The van der Waals surface area contributed by atoms with Gasteiger partial charge in [0, 0.05) is 37.4 Å². The standard InChI is InChI=1S/C39H59ClO9S/c1-28-17-21-31(22-18-28)50(42,43)49-36-27-35(48-39-16-10-12-26-46-39)33(32(36)13-7-5-6-8-14-37(41)44-4)23-24-34(29(2)19-20-30(3)40)47-38-15-9-11-25-45-38/h5,7,17-18,21-24,29-30,32-36,38-39H,6,8-16,19-20,25-27H2,1-4H3/b7-5-,24-23+/t29?,30?,32-,33-,34-,35-,36+,38?,39?/m1/s1. The lowest BCUT2D eigenvalue weighted by molar-refractivity contribution is -0.193. The van der Waals surface area contributed by atoms with Crippen LogP contribution in [-0.4, -0.2) is 71.0 Å². The fraction of sp³-hybridized carbons (Fsp3) is 0.718. The minimum Gasteiger partial charge on any atom is -0.469 e. The van der Waals surface area contributed by atoms with Crippen molar-refractivity contribution in [3.05, 3.63) is 54.1 Å². The molecule has 4 unspecified atom stereocenters. The highest BCUT2D eigenvalue weighted by Gasteiger charge is 2.46. The molecule has 0 aromatic heterocycles. The lowest BCUT2D eigenvalue weighted by Gasteiger charge is -2.31. The van der Waals surface area contributed by atoms with E-state index in [0.717, 1.165) is 56.9 Å². The summed E-state index contributed by atoms with van der Waals surface area (Å²) in [5.74, 6) is -0.426. The summed E-state index contributed by atoms with van der Waals surface area (Å²) < 4.78 is 63.4. The molecule has 11 heteroatoms. The van der Waals surface area contributed by atoms with E-state index in [1.807, 2.05) is 13.8 Å². The van der Waals surface area contributed by atoms with Gasteiger partial charge in [-0.25, -0.2) is 0 Å². The number of aryl methyl sites for hydroxylation is 1. The number of methoxy groups -OCH3 is 1. The van der Waals surface area contributed by atoms with E-state index >= 15 is 0 Å². The third-order valence-corrected chi connectivity index (χ3v) is 11.6. The van der Waals surface area contributed by atoms with Crippen molar-refractivity contribution >= 4 is 27.7 Å². The first-order valence-corrected chi connectivity index (χ1v) is 20.5. The van der Waals surface area contributed by atoms with Gasteiger partial charge in [0.15, 0.2) is 12.6 Å². The summed E-state index contributed by atoms with van der Waals surface area (Å²) in [5, 5.41) is 0.0632. The average Bonchev–Trinajstić information content (AvgIpc) is 3.41. The van der Waals surface area contributed by atoms with Gasteiger partial charge < -0.3 is 23.7 Å². The molecule has 2 saturated heterocycles. The Bertz CT molecular complexity index is 1300. The molecular weight excluding hydrogens is 680 g/mol. The molecule has 9 atom stereocenters. The third-order valence-electron chi connectivity index (χ3n) is 10.00. The highest BCUT2D eigenvalue weighted by atomic mass is 35.5. The second-order valence-corrected chi connectivity index (χ2v) is 16.5. The van der Waals surface area contributed by atoms with E-state index in [4.69, 9.17) is 39.5 Å². The lowest BCUT2D eigenvalue weighted by atomic mass is 9.88. The van der Waals surface area contributed by atoms with E-state index < -0.39 is 16.2 Å². The Morgan fingerprint density at radius 3 is 2.32 bits per heavy atom. The van der Waals surface area contributed by atoms with Crippen LogP contribution in [0.2, 0.25) is 0 Å². The Labute approximate surface area is 305 Å². The number of ether oxygens (including phenoxy) is 5. The average molecular weight is 739 g/mol. The molecule has 282 valence electrons. The zero-order valence-corrected chi connectivity index (χ0v) is 32.0. The molecule has 3 aliphatic rings. The number of hydrogen-bond acceptors (Lipinski definition) is 9. The number of halogens is 1. The number of alkyl halides is 1. The SMILES string of the molecule is COC(=O)CCC/C=C\C[C@@H]1[C@@H](/C=C/[C@@H](OC2CCCCO2)C(C)CCC(C)Cl)[C@H](OC2CCCCO2)C[C@@H]1OS(=O)(=O)c1ccc(C)cc1. The molecule has 9 nitrogen and oxygen atoms in total. The highest BCUT2D eigenvalue weighted by Crippen LogP contribution is 2.42. The summed E-state index contributed by atoms with van der Waals surface area (Å²) in [5.41, 5.74) is 0.969. The fourth-order valence-corrected chi connectivity index (χ4v) is 8.20. The number of esters is 1. The van der Waals surface area contributed by atoms with Crippen molar-refractivity contribution < 1.29 is 41.1 Å². The molecule has 0 spiro atoms. The predicted molar refractivity (Wildman–Crippen MR) is 194 cm³/mol. The predicted octanol–water partition coefficient (Wildman–Crippen LogP) is 8.42. The van der Waals surface area contributed by atoms with E-state index in [1.54, 1.807) is 24.3 Å². The molecule has 1 aromatic carbocycles. The van der Waals surface area contributed by atoms with Crippen LogP contribution in [0.5, 0.6) is 0 Å². The molecule has 1 aromatic rings. The zero-order valence-electron chi connectivity index (χ0n) is 30.4. The van der Waals surface area contributed by atoms with E-state index in [0.29, 0.717) is 45.3 Å². The molecule has 0 amide bonds. The van der Waals surface area contributed by atoms with Gasteiger partial charge in [0.05, 0.1) is 30.3 Å². The first kappa shape index (κ1) is 41.0. The second kappa shape index (κ2) is 21.0. The number of hydrogen-bond donors (Lipinski definition) is 0.